The molecule has 0 heterocycles. The van der Waals surface area contributed by atoms with Crippen molar-refractivity contribution in [3.63, 3.8) is 0 Å². The topological polar surface area (TPSA) is 273 Å². The smallest absolute Gasteiger partial charge is 0.306 e. The Hall–Kier alpha value is -4.90. The maximum absolute atomic E-state index is 12.9. The van der Waals surface area contributed by atoms with Crippen LogP contribution in [0.5, 0.6) is 0 Å². The van der Waals surface area contributed by atoms with E-state index in [1.165, 1.54) is 0 Å². The van der Waals surface area contributed by atoms with Crippen LogP contribution in [0, 0.1) is 0 Å². The molecule has 12 N–H and O–H groups in total. The first-order chi connectivity index (χ1) is 25.0. The summed E-state index contributed by atoms with van der Waals surface area (Å²) in [7, 11) is 0. The minimum Gasteiger partial charge on any atom is -0.461 e. The van der Waals surface area contributed by atoms with Crippen LogP contribution < -0.4 is 44.2 Å². The second kappa shape index (κ2) is 25.1. The molecule has 0 spiro atoms. The van der Waals surface area contributed by atoms with Gasteiger partial charge in [-0.25, -0.2) is 0 Å². The molecule has 2 rings (SSSR count). The first-order valence-electron chi connectivity index (χ1n) is 17.5. The lowest BCUT2D eigenvalue weighted by molar-refractivity contribution is -0.146. The molecule has 0 unspecified atom stereocenters. The highest BCUT2D eigenvalue weighted by molar-refractivity contribution is 5.91. The largest absolute Gasteiger partial charge is 0.461 e. The van der Waals surface area contributed by atoms with E-state index in [2.05, 4.69) is 21.3 Å². The zero-order chi connectivity index (χ0) is 38.1. The lowest BCUT2D eigenvalue weighted by Crippen LogP contribution is -2.53. The number of esters is 2. The number of nitrogens with two attached hydrogens (primary N) is 4. The van der Waals surface area contributed by atoms with Crippen LogP contribution in [-0.2, 0) is 51.5 Å². The van der Waals surface area contributed by atoms with Gasteiger partial charge in [0, 0.05) is 39.0 Å². The molecule has 2 aromatic carbocycles. The van der Waals surface area contributed by atoms with Crippen LogP contribution in [0.25, 0.3) is 0 Å². The Labute approximate surface area is 304 Å². The molecule has 0 aliphatic rings. The highest BCUT2D eigenvalue weighted by atomic mass is 16.5. The highest BCUT2D eigenvalue weighted by Gasteiger charge is 2.25. The lowest BCUT2D eigenvalue weighted by Gasteiger charge is -2.20. The molecule has 0 aliphatic carbocycles. The molecule has 0 aromatic heterocycles. The van der Waals surface area contributed by atoms with Gasteiger partial charge in [-0.2, -0.15) is 0 Å². The second-order valence-electron chi connectivity index (χ2n) is 12.2. The van der Waals surface area contributed by atoms with Gasteiger partial charge in [-0.3, -0.25) is 28.8 Å². The van der Waals surface area contributed by atoms with Crippen LogP contribution in [0.2, 0.25) is 0 Å². The second-order valence-corrected chi connectivity index (χ2v) is 12.2. The highest BCUT2D eigenvalue weighted by Crippen LogP contribution is 2.08. The van der Waals surface area contributed by atoms with E-state index in [0.717, 1.165) is 24.0 Å². The van der Waals surface area contributed by atoms with Crippen LogP contribution in [0.1, 0.15) is 62.5 Å². The molecule has 4 amide bonds. The molecule has 0 bridgehead atoms. The molecule has 16 nitrogen and oxygen atoms in total. The molecular weight excluding hydrogens is 672 g/mol. The van der Waals surface area contributed by atoms with Crippen LogP contribution in [0.4, 0.5) is 0 Å². The molecule has 52 heavy (non-hydrogen) atoms. The average molecular weight is 727 g/mol. The Kier molecular flexibility index (Phi) is 20.9. The summed E-state index contributed by atoms with van der Waals surface area (Å²) in [6.07, 6.45) is 2.49. The van der Waals surface area contributed by atoms with E-state index in [1.807, 2.05) is 60.7 Å². The minimum atomic E-state index is -1.01. The van der Waals surface area contributed by atoms with E-state index >= 15 is 0 Å². The first-order valence-corrected chi connectivity index (χ1v) is 17.5. The van der Waals surface area contributed by atoms with Gasteiger partial charge in [-0.05, 0) is 36.8 Å². The SMILES string of the molecule is NC[C@H](N)C(=O)N[C@@H](CCC(=O)OCc1ccccc1)C(=O)NCCCCCCNC(=O)[C@H](CCC(=O)OCc1ccccc1)NC(=O)[C@@H](N)CN. The molecule has 2 aromatic rings. The molecule has 0 radical (unpaired) electrons. The van der Waals surface area contributed by atoms with Crippen molar-refractivity contribution in [2.75, 3.05) is 26.2 Å². The summed E-state index contributed by atoms with van der Waals surface area (Å²) >= 11 is 0. The van der Waals surface area contributed by atoms with Crippen molar-refractivity contribution < 1.29 is 38.2 Å². The number of hydrogen-bond acceptors (Lipinski definition) is 12. The van der Waals surface area contributed by atoms with E-state index in [-0.39, 0.29) is 52.0 Å². The molecule has 0 saturated heterocycles. The minimum absolute atomic E-state index is 0.0106. The molecule has 16 heteroatoms. The summed E-state index contributed by atoms with van der Waals surface area (Å²) in [5, 5.41) is 10.7. The number of unbranched alkanes of at least 4 members (excludes halogenated alkanes) is 3. The Morgan fingerprint density at radius 3 is 1.25 bits per heavy atom. The van der Waals surface area contributed by atoms with Crippen molar-refractivity contribution in [2.45, 2.75) is 88.7 Å². The maximum atomic E-state index is 12.9. The third kappa shape index (κ3) is 17.8. The molecular formula is C36H54N8O8. The number of hydrogen-bond donors (Lipinski definition) is 8. The van der Waals surface area contributed by atoms with E-state index in [1.54, 1.807) is 0 Å². The van der Waals surface area contributed by atoms with E-state index in [0.29, 0.717) is 25.9 Å². The van der Waals surface area contributed by atoms with Crippen LogP contribution in [0.3, 0.4) is 0 Å². The Balaban J connectivity index is 1.74. The predicted molar refractivity (Wildman–Crippen MR) is 193 cm³/mol. The fourth-order valence-corrected chi connectivity index (χ4v) is 4.73. The van der Waals surface area contributed by atoms with Crippen molar-refractivity contribution >= 4 is 35.6 Å². The number of nitrogens with one attached hydrogen (secondary N) is 4. The maximum Gasteiger partial charge on any atom is 0.306 e. The standard InChI is InChI=1S/C36H54N8O8/c37-21-27(39)33(47)43-29(15-17-31(45)51-23-25-11-5-3-6-12-25)35(49)41-19-9-1-2-10-20-42-36(50)30(44-34(48)28(40)22-38)16-18-32(46)52-24-26-13-7-4-8-14-26/h3-8,11-14,27-30H,1-2,9-10,15-24,37-40H2,(H,41,49)(H,42,50)(H,43,47)(H,44,48)/t27-,28-,29-,30-/m0/s1. The van der Waals surface area contributed by atoms with Gasteiger partial charge in [0.2, 0.25) is 23.6 Å². The van der Waals surface area contributed by atoms with Crippen LogP contribution in [-0.4, -0.2) is 85.9 Å². The average Bonchev–Trinajstić information content (AvgIpc) is 3.16. The normalized spacial score (nSPS) is 13.1. The fourth-order valence-electron chi connectivity index (χ4n) is 4.73. The molecule has 0 saturated carbocycles. The number of carbonyl (C=O) groups is 6. The summed E-state index contributed by atoms with van der Waals surface area (Å²) in [6.45, 7) is 0.598. The van der Waals surface area contributed by atoms with Gasteiger partial charge < -0.3 is 53.7 Å². The van der Waals surface area contributed by atoms with Gasteiger partial charge in [-0.1, -0.05) is 73.5 Å². The zero-order valence-corrected chi connectivity index (χ0v) is 29.6. The molecule has 4 atom stereocenters. The summed E-state index contributed by atoms with van der Waals surface area (Å²) in [5.74, 6) is -3.16. The third-order valence-corrected chi connectivity index (χ3v) is 7.91. The summed E-state index contributed by atoms with van der Waals surface area (Å²) in [5.41, 5.74) is 24.0. The Morgan fingerprint density at radius 1 is 0.538 bits per heavy atom. The summed E-state index contributed by atoms with van der Waals surface area (Å²) in [6, 6.07) is 14.3. The first kappa shape index (κ1) is 43.3. The lowest BCUT2D eigenvalue weighted by atomic mass is 10.1. The van der Waals surface area contributed by atoms with Gasteiger partial charge >= 0.3 is 11.9 Å². The molecule has 0 aliphatic heterocycles. The van der Waals surface area contributed by atoms with Gasteiger partial charge in [0.1, 0.15) is 25.3 Å². The Morgan fingerprint density at radius 2 is 0.904 bits per heavy atom. The summed E-state index contributed by atoms with van der Waals surface area (Å²) in [4.78, 5) is 75.2. The number of benzene rings is 2. The number of rotatable bonds is 25. The van der Waals surface area contributed by atoms with Gasteiger partial charge in [-0.15, -0.1) is 0 Å². The van der Waals surface area contributed by atoms with Crippen molar-refractivity contribution in [1.82, 2.24) is 21.3 Å². The fraction of sp³-hybridized carbons (Fsp3) is 0.500. The van der Waals surface area contributed by atoms with E-state index in [4.69, 9.17) is 32.4 Å². The monoisotopic (exact) mass is 726 g/mol. The Bertz CT molecular complexity index is 1290. The summed E-state index contributed by atoms with van der Waals surface area (Å²) < 4.78 is 10.6. The van der Waals surface area contributed by atoms with Crippen LogP contribution >= 0.6 is 0 Å². The quantitative estimate of drug-likeness (QED) is 0.0469. The number of amides is 4. The third-order valence-electron chi connectivity index (χ3n) is 7.91. The van der Waals surface area contributed by atoms with E-state index < -0.39 is 59.7 Å². The molecule has 286 valence electrons. The zero-order valence-electron chi connectivity index (χ0n) is 29.6. The molecule has 0 fully saturated rings. The van der Waals surface area contributed by atoms with Crippen LogP contribution in [0.15, 0.2) is 60.7 Å². The predicted octanol–water partition coefficient (Wildman–Crippen LogP) is -0.632. The van der Waals surface area contributed by atoms with Crippen molar-refractivity contribution in [3.8, 4) is 0 Å². The van der Waals surface area contributed by atoms with Gasteiger partial charge in [0.05, 0.1) is 12.1 Å². The van der Waals surface area contributed by atoms with Crippen molar-refractivity contribution in [2.24, 2.45) is 22.9 Å². The van der Waals surface area contributed by atoms with Gasteiger partial charge in [0.25, 0.3) is 0 Å². The van der Waals surface area contributed by atoms with Gasteiger partial charge in [0.15, 0.2) is 0 Å². The van der Waals surface area contributed by atoms with E-state index in [9.17, 15) is 28.8 Å². The number of carbonyl (C=O) groups excluding carboxylic acids is 6. The number of ether oxygens (including phenoxy) is 2. The van der Waals surface area contributed by atoms with Crippen molar-refractivity contribution in [1.29, 1.82) is 0 Å². The van der Waals surface area contributed by atoms with Crippen molar-refractivity contribution in [3.05, 3.63) is 71.8 Å².